The Kier molecular flexibility index (Phi) is 3.68. The van der Waals surface area contributed by atoms with Crippen molar-refractivity contribution in [3.63, 3.8) is 0 Å². The van der Waals surface area contributed by atoms with Crippen LogP contribution in [0.5, 0.6) is 5.88 Å². The topological polar surface area (TPSA) is 61.0 Å². The molecule has 0 atom stereocenters. The minimum absolute atomic E-state index is 0.290. The van der Waals surface area contributed by atoms with E-state index in [1.54, 1.807) is 7.11 Å². The quantitative estimate of drug-likeness (QED) is 0.794. The highest BCUT2D eigenvalue weighted by Gasteiger charge is 2.08. The zero-order valence-electron chi connectivity index (χ0n) is 9.00. The van der Waals surface area contributed by atoms with Crippen LogP contribution >= 0.6 is 0 Å². The van der Waals surface area contributed by atoms with Gasteiger partial charge in [-0.15, -0.1) is 0 Å². The molecule has 0 aromatic carbocycles. The van der Waals surface area contributed by atoms with Crippen molar-refractivity contribution in [2.75, 3.05) is 12.8 Å². The van der Waals surface area contributed by atoms with Gasteiger partial charge in [-0.25, -0.2) is 4.98 Å². The molecule has 0 radical (unpaired) electrons. The molecule has 1 aromatic heterocycles. The lowest BCUT2D eigenvalue weighted by Gasteiger charge is -2.08. The maximum Gasteiger partial charge on any atom is 0.223 e. The number of nitrogens with two attached hydrogens (primary N) is 1. The summed E-state index contributed by atoms with van der Waals surface area (Å²) in [5.41, 5.74) is 7.57. The summed E-state index contributed by atoms with van der Waals surface area (Å²) in [6.07, 6.45) is 3.19. The highest BCUT2D eigenvalue weighted by molar-refractivity contribution is 5.35. The van der Waals surface area contributed by atoms with Gasteiger partial charge in [0.2, 0.25) is 11.8 Å². The molecule has 1 aromatic rings. The second-order valence-corrected chi connectivity index (χ2v) is 3.27. The molecule has 0 saturated heterocycles. The Morgan fingerprint density at radius 3 is 2.64 bits per heavy atom. The molecule has 0 aliphatic heterocycles. The number of nitrogens with zero attached hydrogens (tertiary/aromatic N) is 2. The summed E-state index contributed by atoms with van der Waals surface area (Å²) in [4.78, 5) is 8.21. The molecular weight excluding hydrogens is 178 g/mol. The van der Waals surface area contributed by atoms with Gasteiger partial charge in [0.25, 0.3) is 0 Å². The second-order valence-electron chi connectivity index (χ2n) is 3.27. The molecule has 0 spiro atoms. The molecule has 1 rings (SSSR count). The Bertz CT molecular complexity index is 312. The number of nitrogen functional groups attached to an aromatic ring is 1. The van der Waals surface area contributed by atoms with Gasteiger partial charge in [-0.05, 0) is 19.8 Å². The molecule has 2 N–H and O–H groups in total. The Hall–Kier alpha value is -1.32. The minimum atomic E-state index is 0.290. The SMILES string of the molecule is CCCCc1nc(N)nc(OC)c1C. The molecule has 0 amide bonds. The van der Waals surface area contributed by atoms with E-state index in [0.29, 0.717) is 11.8 Å². The fourth-order valence-electron chi connectivity index (χ4n) is 1.34. The van der Waals surface area contributed by atoms with Crippen LogP contribution in [0.1, 0.15) is 31.0 Å². The maximum atomic E-state index is 5.57. The molecule has 1 heterocycles. The van der Waals surface area contributed by atoms with Crippen LogP contribution in [0.15, 0.2) is 0 Å². The highest BCUT2D eigenvalue weighted by Crippen LogP contribution is 2.19. The van der Waals surface area contributed by atoms with E-state index in [9.17, 15) is 0 Å². The average Bonchev–Trinajstić information content (AvgIpc) is 2.18. The number of unbranched alkanes of at least 4 members (excludes halogenated alkanes) is 1. The standard InChI is InChI=1S/C10H17N3O/c1-4-5-6-8-7(2)9(14-3)13-10(11)12-8/h4-6H2,1-3H3,(H2,11,12,13). The van der Waals surface area contributed by atoms with Crippen molar-refractivity contribution in [2.24, 2.45) is 0 Å². The second kappa shape index (κ2) is 4.79. The van der Waals surface area contributed by atoms with Crippen LogP contribution in [-0.4, -0.2) is 17.1 Å². The first kappa shape index (κ1) is 10.8. The van der Waals surface area contributed by atoms with Gasteiger partial charge in [-0.1, -0.05) is 13.3 Å². The van der Waals surface area contributed by atoms with E-state index in [4.69, 9.17) is 10.5 Å². The van der Waals surface area contributed by atoms with Crippen LogP contribution < -0.4 is 10.5 Å². The van der Waals surface area contributed by atoms with Crippen molar-refractivity contribution in [3.05, 3.63) is 11.3 Å². The van der Waals surface area contributed by atoms with E-state index >= 15 is 0 Å². The van der Waals surface area contributed by atoms with Gasteiger partial charge in [0.1, 0.15) is 0 Å². The van der Waals surface area contributed by atoms with Crippen LogP contribution in [0.2, 0.25) is 0 Å². The fourth-order valence-corrected chi connectivity index (χ4v) is 1.34. The molecule has 0 fully saturated rings. The first-order valence-corrected chi connectivity index (χ1v) is 4.86. The number of hydrogen-bond acceptors (Lipinski definition) is 4. The van der Waals surface area contributed by atoms with Crippen molar-refractivity contribution >= 4 is 5.95 Å². The van der Waals surface area contributed by atoms with E-state index < -0.39 is 0 Å². The van der Waals surface area contributed by atoms with Crippen molar-refractivity contribution < 1.29 is 4.74 Å². The summed E-state index contributed by atoms with van der Waals surface area (Å²) >= 11 is 0. The number of aromatic nitrogens is 2. The van der Waals surface area contributed by atoms with Crippen molar-refractivity contribution in [1.82, 2.24) is 9.97 Å². The van der Waals surface area contributed by atoms with Gasteiger partial charge in [0.15, 0.2) is 0 Å². The predicted octanol–water partition coefficient (Wildman–Crippen LogP) is 1.72. The molecular formula is C10H17N3O. The van der Waals surface area contributed by atoms with Crippen molar-refractivity contribution in [2.45, 2.75) is 33.1 Å². The van der Waals surface area contributed by atoms with Crippen LogP contribution in [-0.2, 0) is 6.42 Å². The van der Waals surface area contributed by atoms with E-state index in [-0.39, 0.29) is 0 Å². The van der Waals surface area contributed by atoms with Crippen LogP contribution in [0.3, 0.4) is 0 Å². The average molecular weight is 195 g/mol. The van der Waals surface area contributed by atoms with Crippen LogP contribution in [0, 0.1) is 6.92 Å². The molecule has 4 nitrogen and oxygen atoms in total. The summed E-state index contributed by atoms with van der Waals surface area (Å²) in [5, 5.41) is 0. The first-order valence-electron chi connectivity index (χ1n) is 4.86. The van der Waals surface area contributed by atoms with Gasteiger partial charge in [-0.3, -0.25) is 0 Å². The number of methoxy groups -OCH3 is 1. The van der Waals surface area contributed by atoms with Crippen molar-refractivity contribution in [1.29, 1.82) is 0 Å². The normalized spacial score (nSPS) is 10.2. The first-order chi connectivity index (χ1) is 6.69. The van der Waals surface area contributed by atoms with E-state index in [1.807, 2.05) is 6.92 Å². The van der Waals surface area contributed by atoms with Gasteiger partial charge in [0.05, 0.1) is 12.8 Å². The molecule has 0 bridgehead atoms. The summed E-state index contributed by atoms with van der Waals surface area (Å²) < 4.78 is 5.12. The monoisotopic (exact) mass is 195 g/mol. The summed E-state index contributed by atoms with van der Waals surface area (Å²) in [5.74, 6) is 0.877. The number of anilines is 1. The molecule has 0 aliphatic carbocycles. The maximum absolute atomic E-state index is 5.57. The van der Waals surface area contributed by atoms with Gasteiger partial charge in [0, 0.05) is 5.56 Å². The lowest BCUT2D eigenvalue weighted by Crippen LogP contribution is -2.05. The Balaban J connectivity index is 2.96. The molecule has 0 unspecified atom stereocenters. The number of rotatable bonds is 4. The van der Waals surface area contributed by atoms with E-state index in [1.165, 1.54) is 0 Å². The summed E-state index contributed by atoms with van der Waals surface area (Å²) in [6.45, 7) is 4.11. The van der Waals surface area contributed by atoms with Crippen molar-refractivity contribution in [3.8, 4) is 5.88 Å². The number of ether oxygens (including phenoxy) is 1. The Labute approximate surface area is 84.5 Å². The smallest absolute Gasteiger partial charge is 0.223 e. The molecule has 14 heavy (non-hydrogen) atoms. The van der Waals surface area contributed by atoms with Crippen LogP contribution in [0.4, 0.5) is 5.95 Å². The van der Waals surface area contributed by atoms with Crippen LogP contribution in [0.25, 0.3) is 0 Å². The number of aryl methyl sites for hydroxylation is 1. The minimum Gasteiger partial charge on any atom is -0.481 e. The highest BCUT2D eigenvalue weighted by atomic mass is 16.5. The molecule has 0 aliphatic rings. The Morgan fingerprint density at radius 1 is 1.36 bits per heavy atom. The van der Waals surface area contributed by atoms with Gasteiger partial charge in [-0.2, -0.15) is 4.98 Å². The van der Waals surface area contributed by atoms with E-state index in [0.717, 1.165) is 30.5 Å². The molecule has 4 heteroatoms. The zero-order chi connectivity index (χ0) is 10.6. The lowest BCUT2D eigenvalue weighted by molar-refractivity contribution is 0.393. The zero-order valence-corrected chi connectivity index (χ0v) is 9.00. The third-order valence-electron chi connectivity index (χ3n) is 2.18. The summed E-state index contributed by atoms with van der Waals surface area (Å²) in [6, 6.07) is 0. The molecule has 0 saturated carbocycles. The number of hydrogen-bond donors (Lipinski definition) is 1. The third-order valence-corrected chi connectivity index (χ3v) is 2.18. The lowest BCUT2D eigenvalue weighted by atomic mass is 10.1. The fraction of sp³-hybridized carbons (Fsp3) is 0.600. The van der Waals surface area contributed by atoms with E-state index in [2.05, 4.69) is 16.9 Å². The Morgan fingerprint density at radius 2 is 2.07 bits per heavy atom. The third kappa shape index (κ3) is 2.34. The van der Waals surface area contributed by atoms with Gasteiger partial charge >= 0.3 is 0 Å². The van der Waals surface area contributed by atoms with Gasteiger partial charge < -0.3 is 10.5 Å². The predicted molar refractivity (Wildman–Crippen MR) is 56.3 cm³/mol. The molecule has 78 valence electrons. The summed E-state index contributed by atoms with van der Waals surface area (Å²) in [7, 11) is 1.60. The largest absolute Gasteiger partial charge is 0.481 e.